The Bertz CT molecular complexity index is 979. The van der Waals surface area contributed by atoms with Gasteiger partial charge in [-0.25, -0.2) is 8.42 Å². The molecule has 2 rings (SSSR count). The lowest BCUT2D eigenvalue weighted by atomic mass is 10.0. The smallest absolute Gasteiger partial charge is 0.271 e. The Morgan fingerprint density at radius 2 is 1.90 bits per heavy atom. The highest BCUT2D eigenvalue weighted by atomic mass is 32.2. The van der Waals surface area contributed by atoms with Crippen LogP contribution < -0.4 is 14.4 Å². The van der Waals surface area contributed by atoms with Crippen LogP contribution >= 0.6 is 0 Å². The maximum absolute atomic E-state index is 12.6. The summed E-state index contributed by atoms with van der Waals surface area (Å²) >= 11 is 0. The third-order valence-corrected chi connectivity index (χ3v) is 5.40. The lowest BCUT2D eigenvalue weighted by Gasteiger charge is -2.25. The molecule has 0 bridgehead atoms. The lowest BCUT2D eigenvalue weighted by molar-refractivity contribution is -0.384. The average Bonchev–Trinajstić information content (AvgIpc) is 2.69. The molecule has 1 N–H and O–H groups in total. The number of anilines is 1. The minimum Gasteiger partial charge on any atom is -0.495 e. The highest BCUT2D eigenvalue weighted by Crippen LogP contribution is 2.33. The van der Waals surface area contributed by atoms with Gasteiger partial charge in [0.1, 0.15) is 18.0 Å². The SMILES string of the molecule is CC[C@H](NC(=O)CN(c1cc([N+](=O)[O-])ccc1OC)S(C)(=O)=O)c1ccccc1. The van der Waals surface area contributed by atoms with Crippen molar-refractivity contribution in [3.05, 3.63) is 64.2 Å². The third-order valence-electron chi connectivity index (χ3n) is 4.27. The first-order valence-electron chi connectivity index (χ1n) is 8.81. The van der Waals surface area contributed by atoms with Crippen LogP contribution in [0.25, 0.3) is 0 Å². The van der Waals surface area contributed by atoms with E-state index in [9.17, 15) is 23.3 Å². The molecule has 0 aliphatic carbocycles. The number of non-ortho nitro benzene ring substituents is 1. The molecule has 0 aliphatic rings. The van der Waals surface area contributed by atoms with Crippen LogP contribution in [0.2, 0.25) is 0 Å². The van der Waals surface area contributed by atoms with Crippen molar-refractivity contribution in [2.75, 3.05) is 24.2 Å². The zero-order chi connectivity index (χ0) is 21.6. The molecule has 0 saturated heterocycles. The van der Waals surface area contributed by atoms with E-state index < -0.39 is 27.4 Å². The zero-order valence-electron chi connectivity index (χ0n) is 16.4. The van der Waals surface area contributed by atoms with Gasteiger partial charge in [-0.3, -0.25) is 19.2 Å². The molecule has 10 heteroatoms. The van der Waals surface area contributed by atoms with Crippen molar-refractivity contribution < 1.29 is 22.9 Å². The summed E-state index contributed by atoms with van der Waals surface area (Å²) < 4.78 is 30.7. The number of benzene rings is 2. The molecule has 1 atom stereocenters. The third kappa shape index (κ3) is 5.67. The Hall–Kier alpha value is -3.14. The van der Waals surface area contributed by atoms with Gasteiger partial charge in [0.25, 0.3) is 5.69 Å². The molecule has 9 nitrogen and oxygen atoms in total. The first-order chi connectivity index (χ1) is 13.7. The summed E-state index contributed by atoms with van der Waals surface area (Å²) in [5, 5.41) is 13.9. The van der Waals surface area contributed by atoms with E-state index in [4.69, 9.17) is 4.74 Å². The second-order valence-corrected chi connectivity index (χ2v) is 8.23. The monoisotopic (exact) mass is 421 g/mol. The summed E-state index contributed by atoms with van der Waals surface area (Å²) in [6, 6.07) is 12.6. The van der Waals surface area contributed by atoms with Gasteiger partial charge in [-0.05, 0) is 18.1 Å². The molecular weight excluding hydrogens is 398 g/mol. The van der Waals surface area contributed by atoms with Crippen LogP contribution in [-0.2, 0) is 14.8 Å². The molecule has 1 amide bonds. The zero-order valence-corrected chi connectivity index (χ0v) is 17.2. The van der Waals surface area contributed by atoms with Crippen molar-refractivity contribution in [2.24, 2.45) is 0 Å². The van der Waals surface area contributed by atoms with Crippen LogP contribution in [0.4, 0.5) is 11.4 Å². The van der Waals surface area contributed by atoms with Crippen molar-refractivity contribution >= 4 is 27.3 Å². The molecule has 2 aromatic rings. The summed E-state index contributed by atoms with van der Waals surface area (Å²) in [5.74, 6) is -0.441. The molecular formula is C19H23N3O6S. The fourth-order valence-electron chi connectivity index (χ4n) is 2.84. The maximum Gasteiger partial charge on any atom is 0.271 e. The summed E-state index contributed by atoms with van der Waals surface area (Å²) in [5.41, 5.74) is 0.500. The highest BCUT2D eigenvalue weighted by Gasteiger charge is 2.27. The molecule has 0 spiro atoms. The predicted molar refractivity (Wildman–Crippen MR) is 109 cm³/mol. The van der Waals surface area contributed by atoms with E-state index >= 15 is 0 Å². The van der Waals surface area contributed by atoms with Crippen molar-refractivity contribution in [2.45, 2.75) is 19.4 Å². The number of carbonyl (C=O) groups excluding carboxylic acids is 1. The summed E-state index contributed by atoms with van der Waals surface area (Å²) in [4.78, 5) is 23.1. The fraction of sp³-hybridized carbons (Fsp3) is 0.316. The minimum absolute atomic E-state index is 0.0768. The Kier molecular flexibility index (Phi) is 7.16. The first-order valence-corrected chi connectivity index (χ1v) is 10.7. The topological polar surface area (TPSA) is 119 Å². The number of hydrogen-bond donors (Lipinski definition) is 1. The second-order valence-electron chi connectivity index (χ2n) is 6.32. The number of nitrogens with zero attached hydrogens (tertiary/aromatic N) is 2. The molecule has 0 aromatic heterocycles. The van der Waals surface area contributed by atoms with E-state index in [0.29, 0.717) is 6.42 Å². The lowest BCUT2D eigenvalue weighted by Crippen LogP contribution is -2.41. The average molecular weight is 421 g/mol. The van der Waals surface area contributed by atoms with Crippen molar-refractivity contribution in [1.82, 2.24) is 5.32 Å². The number of methoxy groups -OCH3 is 1. The summed E-state index contributed by atoms with van der Waals surface area (Å²) in [6.07, 6.45) is 1.53. The van der Waals surface area contributed by atoms with Crippen LogP contribution in [-0.4, -0.2) is 39.2 Å². The molecule has 0 fully saturated rings. The van der Waals surface area contributed by atoms with Gasteiger partial charge in [0.05, 0.1) is 24.3 Å². The summed E-state index contributed by atoms with van der Waals surface area (Å²) in [7, 11) is -2.61. The van der Waals surface area contributed by atoms with Gasteiger partial charge in [-0.1, -0.05) is 37.3 Å². The van der Waals surface area contributed by atoms with E-state index in [2.05, 4.69) is 5.32 Å². The second kappa shape index (κ2) is 9.37. The van der Waals surface area contributed by atoms with E-state index in [-0.39, 0.29) is 23.2 Å². The normalized spacial score (nSPS) is 12.1. The number of nitro benzene ring substituents is 1. The fourth-order valence-corrected chi connectivity index (χ4v) is 3.70. The van der Waals surface area contributed by atoms with E-state index in [1.165, 1.54) is 19.2 Å². The number of nitro groups is 1. The van der Waals surface area contributed by atoms with E-state index in [1.54, 1.807) is 0 Å². The van der Waals surface area contributed by atoms with Crippen LogP contribution in [0.15, 0.2) is 48.5 Å². The molecule has 0 radical (unpaired) electrons. The summed E-state index contributed by atoms with van der Waals surface area (Å²) in [6.45, 7) is 1.36. The van der Waals surface area contributed by atoms with Gasteiger partial charge in [0.15, 0.2) is 0 Å². The number of amides is 1. The standard InChI is InChI=1S/C19H23N3O6S/c1-4-16(14-8-6-5-7-9-14)20-19(23)13-21(29(3,26)27)17-12-15(22(24)25)10-11-18(17)28-2/h5-12,16H,4,13H2,1-3H3,(H,20,23)/t16-/m0/s1. The van der Waals surface area contributed by atoms with E-state index in [1.807, 2.05) is 37.3 Å². The van der Waals surface area contributed by atoms with Gasteiger partial charge < -0.3 is 10.1 Å². The van der Waals surface area contributed by atoms with Gasteiger partial charge in [-0.2, -0.15) is 0 Å². The first kappa shape index (κ1) is 22.2. The quantitative estimate of drug-likeness (QED) is 0.491. The molecule has 156 valence electrons. The van der Waals surface area contributed by atoms with Crippen molar-refractivity contribution in [1.29, 1.82) is 0 Å². The number of ether oxygens (including phenoxy) is 1. The molecule has 0 unspecified atom stereocenters. The predicted octanol–water partition coefficient (Wildman–Crippen LogP) is 2.64. The molecule has 0 saturated carbocycles. The molecule has 29 heavy (non-hydrogen) atoms. The molecule has 2 aromatic carbocycles. The van der Waals surface area contributed by atoms with Crippen LogP contribution in [0, 0.1) is 10.1 Å². The van der Waals surface area contributed by atoms with Crippen molar-refractivity contribution in [3.63, 3.8) is 0 Å². The Labute approximate surface area is 169 Å². The van der Waals surface area contributed by atoms with Gasteiger partial charge >= 0.3 is 0 Å². The van der Waals surface area contributed by atoms with Crippen LogP contribution in [0.5, 0.6) is 5.75 Å². The van der Waals surface area contributed by atoms with Gasteiger partial charge in [0, 0.05) is 12.1 Å². The molecule has 0 aliphatic heterocycles. The minimum atomic E-state index is -3.93. The van der Waals surface area contributed by atoms with Crippen LogP contribution in [0.1, 0.15) is 24.9 Å². The number of rotatable bonds is 9. The van der Waals surface area contributed by atoms with E-state index in [0.717, 1.165) is 22.2 Å². The molecule has 0 heterocycles. The highest BCUT2D eigenvalue weighted by molar-refractivity contribution is 7.92. The Balaban J connectivity index is 2.34. The van der Waals surface area contributed by atoms with Crippen molar-refractivity contribution in [3.8, 4) is 5.75 Å². The van der Waals surface area contributed by atoms with Gasteiger partial charge in [0.2, 0.25) is 15.9 Å². The largest absolute Gasteiger partial charge is 0.495 e. The van der Waals surface area contributed by atoms with Crippen LogP contribution in [0.3, 0.4) is 0 Å². The maximum atomic E-state index is 12.6. The Morgan fingerprint density at radius 1 is 1.24 bits per heavy atom. The number of carbonyl (C=O) groups is 1. The number of nitrogens with one attached hydrogen (secondary N) is 1. The van der Waals surface area contributed by atoms with Gasteiger partial charge in [-0.15, -0.1) is 0 Å². The Morgan fingerprint density at radius 3 is 2.41 bits per heavy atom. The number of sulfonamides is 1. The number of hydrogen-bond acceptors (Lipinski definition) is 6.